The Morgan fingerprint density at radius 2 is 1.68 bits per heavy atom. The molecule has 9 nitrogen and oxygen atoms in total. The van der Waals surface area contributed by atoms with Gasteiger partial charge in [0.2, 0.25) is 0 Å². The number of piperazine rings is 1. The lowest BCUT2D eigenvalue weighted by molar-refractivity contribution is -0.384. The molecule has 156 valence electrons. The molecule has 0 spiro atoms. The van der Waals surface area contributed by atoms with E-state index in [1.165, 1.54) is 0 Å². The minimum atomic E-state index is -0.383. The SMILES string of the molecule is O=[N+]([O-])c1ccc(N2CCN(c3ncnc4c3cnn4-c3cccc(Cl)c3)CC2)cc1. The molecule has 0 aliphatic carbocycles. The van der Waals surface area contributed by atoms with Crippen molar-refractivity contribution in [2.24, 2.45) is 0 Å². The van der Waals surface area contributed by atoms with Crippen molar-refractivity contribution in [3.8, 4) is 5.69 Å². The van der Waals surface area contributed by atoms with E-state index in [1.54, 1.807) is 41.5 Å². The molecule has 2 aromatic carbocycles. The van der Waals surface area contributed by atoms with Crippen LogP contribution in [0.5, 0.6) is 0 Å². The Bertz CT molecular complexity index is 1250. The fourth-order valence-electron chi connectivity index (χ4n) is 3.84. The predicted octanol–water partition coefficient (Wildman–Crippen LogP) is 3.70. The fourth-order valence-corrected chi connectivity index (χ4v) is 4.03. The van der Waals surface area contributed by atoms with Crippen LogP contribution in [0.25, 0.3) is 16.7 Å². The minimum absolute atomic E-state index is 0.0995. The van der Waals surface area contributed by atoms with Gasteiger partial charge in [0.25, 0.3) is 5.69 Å². The van der Waals surface area contributed by atoms with Crippen LogP contribution in [0, 0.1) is 10.1 Å². The zero-order chi connectivity index (χ0) is 21.4. The molecule has 1 saturated heterocycles. The molecular formula is C21H18ClN7O2. The third-order valence-corrected chi connectivity index (χ3v) is 5.64. The van der Waals surface area contributed by atoms with Gasteiger partial charge in [-0.05, 0) is 30.3 Å². The lowest BCUT2D eigenvalue weighted by Gasteiger charge is -2.36. The number of nitrogens with zero attached hydrogens (tertiary/aromatic N) is 7. The van der Waals surface area contributed by atoms with E-state index in [0.717, 1.165) is 54.4 Å². The number of nitro groups is 1. The summed E-state index contributed by atoms with van der Waals surface area (Å²) in [6.07, 6.45) is 3.34. The van der Waals surface area contributed by atoms with Crippen molar-refractivity contribution in [1.82, 2.24) is 19.7 Å². The van der Waals surface area contributed by atoms with Crippen LogP contribution in [-0.4, -0.2) is 50.9 Å². The highest BCUT2D eigenvalue weighted by Crippen LogP contribution is 2.27. The maximum atomic E-state index is 10.9. The number of fused-ring (bicyclic) bond motifs is 1. The number of rotatable bonds is 4. The molecule has 0 amide bonds. The van der Waals surface area contributed by atoms with Crippen molar-refractivity contribution < 1.29 is 4.92 Å². The van der Waals surface area contributed by atoms with Crippen LogP contribution in [0.3, 0.4) is 0 Å². The van der Waals surface area contributed by atoms with E-state index < -0.39 is 0 Å². The van der Waals surface area contributed by atoms with Gasteiger partial charge in [0, 0.05) is 49.0 Å². The van der Waals surface area contributed by atoms with E-state index in [2.05, 4.69) is 24.9 Å². The van der Waals surface area contributed by atoms with E-state index in [0.29, 0.717) is 5.02 Å². The topological polar surface area (TPSA) is 93.2 Å². The molecule has 2 aromatic heterocycles. The Labute approximate surface area is 182 Å². The molecule has 0 unspecified atom stereocenters. The maximum Gasteiger partial charge on any atom is 0.269 e. The maximum absolute atomic E-state index is 10.9. The van der Waals surface area contributed by atoms with Crippen molar-refractivity contribution >= 4 is 39.8 Å². The van der Waals surface area contributed by atoms with Gasteiger partial charge >= 0.3 is 0 Å². The van der Waals surface area contributed by atoms with Gasteiger partial charge in [-0.25, -0.2) is 14.6 Å². The van der Waals surface area contributed by atoms with E-state index in [4.69, 9.17) is 11.6 Å². The number of anilines is 2. The Morgan fingerprint density at radius 3 is 2.39 bits per heavy atom. The summed E-state index contributed by atoms with van der Waals surface area (Å²) in [6.45, 7) is 3.11. The molecule has 1 fully saturated rings. The van der Waals surface area contributed by atoms with Crippen molar-refractivity contribution in [1.29, 1.82) is 0 Å². The Hall–Kier alpha value is -3.72. The van der Waals surface area contributed by atoms with Crippen LogP contribution < -0.4 is 9.80 Å². The second-order valence-corrected chi connectivity index (χ2v) is 7.65. The normalized spacial score (nSPS) is 14.2. The van der Waals surface area contributed by atoms with E-state index in [1.807, 2.05) is 24.3 Å². The highest BCUT2D eigenvalue weighted by Gasteiger charge is 2.22. The van der Waals surface area contributed by atoms with Crippen LogP contribution in [0.1, 0.15) is 0 Å². The number of nitro benzene ring substituents is 1. The van der Waals surface area contributed by atoms with Gasteiger partial charge in [0.1, 0.15) is 12.1 Å². The van der Waals surface area contributed by atoms with Crippen molar-refractivity contribution in [2.75, 3.05) is 36.0 Å². The first-order chi connectivity index (χ1) is 15.1. The first kappa shape index (κ1) is 19.3. The second-order valence-electron chi connectivity index (χ2n) is 7.22. The molecule has 0 atom stereocenters. The third-order valence-electron chi connectivity index (χ3n) is 5.40. The molecule has 31 heavy (non-hydrogen) atoms. The van der Waals surface area contributed by atoms with Gasteiger partial charge in [-0.3, -0.25) is 10.1 Å². The van der Waals surface area contributed by atoms with Crippen LogP contribution in [-0.2, 0) is 0 Å². The summed E-state index contributed by atoms with van der Waals surface area (Å²) in [4.78, 5) is 23.9. The van der Waals surface area contributed by atoms with Crippen molar-refractivity contribution in [3.05, 3.63) is 76.2 Å². The smallest absolute Gasteiger partial charge is 0.269 e. The summed E-state index contributed by atoms with van der Waals surface area (Å²) in [5.74, 6) is 0.849. The molecule has 0 saturated carbocycles. The Morgan fingerprint density at radius 1 is 0.935 bits per heavy atom. The van der Waals surface area contributed by atoms with Crippen molar-refractivity contribution in [3.63, 3.8) is 0 Å². The standard InChI is InChI=1S/C21H18ClN7O2/c22-15-2-1-3-18(12-15)28-21-19(13-25-28)20(23-14-24-21)27-10-8-26(9-11-27)16-4-6-17(7-5-16)29(30)31/h1-7,12-14H,8-11H2. The first-order valence-electron chi connectivity index (χ1n) is 9.79. The predicted molar refractivity (Wildman–Crippen MR) is 119 cm³/mol. The molecule has 1 aliphatic heterocycles. The zero-order valence-corrected chi connectivity index (χ0v) is 17.2. The quantitative estimate of drug-likeness (QED) is 0.356. The second kappa shape index (κ2) is 7.84. The van der Waals surface area contributed by atoms with Crippen LogP contribution >= 0.6 is 11.6 Å². The fraction of sp³-hybridized carbons (Fsp3) is 0.190. The van der Waals surface area contributed by atoms with Crippen LogP contribution in [0.2, 0.25) is 5.02 Å². The summed E-state index contributed by atoms with van der Waals surface area (Å²) in [5.41, 5.74) is 2.65. The van der Waals surface area contributed by atoms with Crippen molar-refractivity contribution in [2.45, 2.75) is 0 Å². The van der Waals surface area contributed by atoms with E-state index >= 15 is 0 Å². The van der Waals surface area contributed by atoms with Gasteiger partial charge in [0.05, 0.1) is 22.2 Å². The highest BCUT2D eigenvalue weighted by molar-refractivity contribution is 6.30. The Kier molecular flexibility index (Phi) is 4.87. The largest absolute Gasteiger partial charge is 0.368 e. The van der Waals surface area contributed by atoms with Gasteiger partial charge in [-0.2, -0.15) is 5.10 Å². The van der Waals surface area contributed by atoms with Gasteiger partial charge < -0.3 is 9.80 Å². The summed E-state index contributed by atoms with van der Waals surface area (Å²) >= 11 is 6.13. The molecular weight excluding hydrogens is 418 g/mol. The monoisotopic (exact) mass is 435 g/mol. The molecule has 4 aromatic rings. The number of hydrogen-bond acceptors (Lipinski definition) is 7. The molecule has 0 N–H and O–H groups in total. The van der Waals surface area contributed by atoms with Gasteiger partial charge in [-0.15, -0.1) is 0 Å². The zero-order valence-electron chi connectivity index (χ0n) is 16.4. The van der Waals surface area contributed by atoms with Crippen LogP contribution in [0.15, 0.2) is 61.1 Å². The summed E-state index contributed by atoms with van der Waals surface area (Å²) in [5, 5.41) is 16.9. The van der Waals surface area contributed by atoms with E-state index in [-0.39, 0.29) is 10.6 Å². The van der Waals surface area contributed by atoms with Gasteiger partial charge in [0.15, 0.2) is 5.65 Å². The average Bonchev–Trinajstić information content (AvgIpc) is 3.24. The summed E-state index contributed by atoms with van der Waals surface area (Å²) < 4.78 is 1.76. The highest BCUT2D eigenvalue weighted by atomic mass is 35.5. The van der Waals surface area contributed by atoms with E-state index in [9.17, 15) is 10.1 Å². The summed E-state index contributed by atoms with van der Waals surface area (Å²) in [6, 6.07) is 14.2. The molecule has 1 aliphatic rings. The average molecular weight is 436 g/mol. The summed E-state index contributed by atoms with van der Waals surface area (Å²) in [7, 11) is 0. The van der Waals surface area contributed by atoms with Gasteiger partial charge in [-0.1, -0.05) is 17.7 Å². The van der Waals surface area contributed by atoms with Crippen LogP contribution in [0.4, 0.5) is 17.2 Å². The number of non-ortho nitro benzene ring substituents is 1. The number of aromatic nitrogens is 4. The number of hydrogen-bond donors (Lipinski definition) is 0. The third kappa shape index (κ3) is 3.64. The first-order valence-corrected chi connectivity index (χ1v) is 10.2. The lowest BCUT2D eigenvalue weighted by atomic mass is 10.2. The molecule has 0 radical (unpaired) electrons. The lowest BCUT2D eigenvalue weighted by Crippen LogP contribution is -2.46. The Balaban J connectivity index is 1.37. The molecule has 10 heteroatoms. The molecule has 3 heterocycles. The molecule has 0 bridgehead atoms. The minimum Gasteiger partial charge on any atom is -0.368 e. The molecule has 5 rings (SSSR count). The number of halogens is 1. The number of benzene rings is 2.